The number of alkyl halides is 3. The zero-order valence-corrected chi connectivity index (χ0v) is 15.1. The number of hydrogen-bond acceptors (Lipinski definition) is 5. The van der Waals surface area contributed by atoms with Crippen LogP contribution in [0.15, 0.2) is 47.8 Å². The van der Waals surface area contributed by atoms with Crippen LogP contribution in [0.3, 0.4) is 0 Å². The van der Waals surface area contributed by atoms with Crippen molar-refractivity contribution < 1.29 is 23.1 Å². The number of rotatable bonds is 3. The van der Waals surface area contributed by atoms with E-state index in [9.17, 15) is 23.1 Å². The third-order valence-electron chi connectivity index (χ3n) is 4.41. The minimum Gasteiger partial charge on any atom is -0.508 e. The van der Waals surface area contributed by atoms with Crippen molar-refractivity contribution >= 4 is 28.7 Å². The molecule has 4 rings (SSSR count). The van der Waals surface area contributed by atoms with E-state index in [-0.39, 0.29) is 23.7 Å². The van der Waals surface area contributed by atoms with E-state index < -0.39 is 24.2 Å². The van der Waals surface area contributed by atoms with Gasteiger partial charge in [-0.25, -0.2) is 4.68 Å². The van der Waals surface area contributed by atoms with Crippen molar-refractivity contribution in [1.29, 1.82) is 0 Å². The summed E-state index contributed by atoms with van der Waals surface area (Å²) in [6.07, 6.45) is -4.72. The summed E-state index contributed by atoms with van der Waals surface area (Å²) in [7, 11) is 0. The number of phenolic OH excluding ortho intramolecular Hbond substituents is 1. The Kier molecular flexibility index (Phi) is 4.50. The zero-order valence-electron chi connectivity index (χ0n) is 14.3. The summed E-state index contributed by atoms with van der Waals surface area (Å²) in [5, 5.41) is 20.7. The minimum absolute atomic E-state index is 0.0421. The second-order valence-corrected chi connectivity index (χ2v) is 7.35. The van der Waals surface area contributed by atoms with E-state index >= 15 is 0 Å². The molecule has 1 amide bonds. The molecule has 0 aliphatic carbocycles. The summed E-state index contributed by atoms with van der Waals surface area (Å²) < 4.78 is 41.7. The smallest absolute Gasteiger partial charge is 0.410 e. The van der Waals surface area contributed by atoms with Crippen molar-refractivity contribution in [2.75, 3.05) is 10.6 Å². The third-order valence-corrected chi connectivity index (χ3v) is 5.40. The van der Waals surface area contributed by atoms with Gasteiger partial charge in [0.2, 0.25) is 0 Å². The molecular formula is C18H15F3N4O2S. The van der Waals surface area contributed by atoms with Gasteiger partial charge in [-0.15, -0.1) is 11.3 Å². The highest BCUT2D eigenvalue weighted by Gasteiger charge is 2.47. The third kappa shape index (κ3) is 3.55. The second-order valence-electron chi connectivity index (χ2n) is 6.37. The fraction of sp³-hybridized carbons (Fsp3) is 0.222. The highest BCUT2D eigenvalue weighted by atomic mass is 32.1. The van der Waals surface area contributed by atoms with Crippen molar-refractivity contribution in [2.45, 2.75) is 24.7 Å². The van der Waals surface area contributed by atoms with Crippen molar-refractivity contribution in [3.05, 3.63) is 58.4 Å². The number of hydrogen-bond donors (Lipinski definition) is 3. The van der Waals surface area contributed by atoms with Gasteiger partial charge < -0.3 is 15.7 Å². The molecule has 3 heterocycles. The Labute approximate surface area is 161 Å². The van der Waals surface area contributed by atoms with Gasteiger partial charge in [0.1, 0.15) is 11.6 Å². The van der Waals surface area contributed by atoms with Crippen LogP contribution in [0, 0.1) is 0 Å². The molecule has 10 heteroatoms. The topological polar surface area (TPSA) is 79.2 Å². The van der Waals surface area contributed by atoms with E-state index in [1.54, 1.807) is 23.6 Å². The predicted molar refractivity (Wildman–Crippen MR) is 98.7 cm³/mol. The molecule has 0 saturated carbocycles. The number of phenols is 1. The summed E-state index contributed by atoms with van der Waals surface area (Å²) in [6.45, 7) is 0. The number of carbonyl (C=O) groups is 1. The number of nitrogens with one attached hydrogen (secondary N) is 2. The summed E-state index contributed by atoms with van der Waals surface area (Å²) in [5.41, 5.74) is 0.166. The first-order valence-corrected chi connectivity index (χ1v) is 9.26. The van der Waals surface area contributed by atoms with Gasteiger partial charge in [0.25, 0.3) is 5.91 Å². The standard InChI is InChI=1S/C18H15F3N4O2S/c19-18(20,21)15-8-12(14-5-2-6-28-14)23-16-9-13(24-25(15)16)17(27)22-10-3-1-4-11(26)7-10/h1-7,9,12,15,23,26H,8H2,(H,22,27)/t12-,15+/m0/s1. The number of carbonyl (C=O) groups excluding carboxylic acids is 1. The molecule has 2 aromatic heterocycles. The quantitative estimate of drug-likeness (QED) is 0.594. The average Bonchev–Trinajstić information content (AvgIpc) is 3.29. The maximum atomic E-state index is 13.6. The van der Waals surface area contributed by atoms with Gasteiger partial charge in [0.05, 0.1) is 6.04 Å². The first-order chi connectivity index (χ1) is 13.3. The molecule has 3 N–H and O–H groups in total. The number of thiophene rings is 1. The van der Waals surface area contributed by atoms with Gasteiger partial charge >= 0.3 is 6.18 Å². The molecule has 2 atom stereocenters. The first-order valence-electron chi connectivity index (χ1n) is 8.38. The maximum absolute atomic E-state index is 13.6. The monoisotopic (exact) mass is 408 g/mol. The molecule has 146 valence electrons. The molecule has 28 heavy (non-hydrogen) atoms. The average molecular weight is 408 g/mol. The number of halogens is 3. The lowest BCUT2D eigenvalue weighted by molar-refractivity contribution is -0.173. The van der Waals surface area contributed by atoms with Gasteiger partial charge in [-0.05, 0) is 23.6 Å². The number of aromatic hydroxyl groups is 1. The van der Waals surface area contributed by atoms with Gasteiger partial charge in [-0.3, -0.25) is 4.79 Å². The van der Waals surface area contributed by atoms with E-state index in [2.05, 4.69) is 15.7 Å². The molecular weight excluding hydrogens is 393 g/mol. The van der Waals surface area contributed by atoms with Crippen LogP contribution >= 0.6 is 11.3 Å². The summed E-state index contributed by atoms with van der Waals surface area (Å²) in [6, 6.07) is 8.37. The molecule has 6 nitrogen and oxygen atoms in total. The van der Waals surface area contributed by atoms with Crippen LogP contribution in [0.4, 0.5) is 24.7 Å². The minimum atomic E-state index is -4.50. The Morgan fingerprint density at radius 1 is 1.29 bits per heavy atom. The van der Waals surface area contributed by atoms with Gasteiger partial charge in [0.15, 0.2) is 11.7 Å². The Hall–Kier alpha value is -3.01. The van der Waals surface area contributed by atoms with Crippen LogP contribution in [0.2, 0.25) is 0 Å². The van der Waals surface area contributed by atoms with E-state index in [1.165, 1.54) is 35.6 Å². The fourth-order valence-corrected chi connectivity index (χ4v) is 3.93. The van der Waals surface area contributed by atoms with Crippen molar-refractivity contribution in [3.8, 4) is 5.75 Å². The molecule has 0 unspecified atom stereocenters. The maximum Gasteiger partial charge on any atom is 0.410 e. The van der Waals surface area contributed by atoms with Crippen molar-refractivity contribution in [1.82, 2.24) is 9.78 Å². The molecule has 0 radical (unpaired) electrons. The fourth-order valence-electron chi connectivity index (χ4n) is 3.14. The van der Waals surface area contributed by atoms with Crippen LogP contribution in [-0.4, -0.2) is 27.0 Å². The van der Waals surface area contributed by atoms with Crippen LogP contribution in [-0.2, 0) is 0 Å². The SMILES string of the molecule is O=C(Nc1cccc(O)c1)c1cc2n(n1)[C@@H](C(F)(F)F)C[C@@H](c1cccs1)N2. The number of amides is 1. The lowest BCUT2D eigenvalue weighted by Crippen LogP contribution is -2.35. The van der Waals surface area contributed by atoms with Crippen LogP contribution in [0.1, 0.15) is 33.9 Å². The predicted octanol–water partition coefficient (Wildman–Crippen LogP) is 4.56. The second kappa shape index (κ2) is 6.86. The van der Waals surface area contributed by atoms with E-state index in [0.717, 1.165) is 9.56 Å². The molecule has 1 aliphatic rings. The van der Waals surface area contributed by atoms with Gasteiger partial charge in [0, 0.05) is 29.1 Å². The largest absolute Gasteiger partial charge is 0.508 e. The Morgan fingerprint density at radius 2 is 2.11 bits per heavy atom. The lowest BCUT2D eigenvalue weighted by atomic mass is 10.0. The lowest BCUT2D eigenvalue weighted by Gasteiger charge is -2.32. The zero-order chi connectivity index (χ0) is 19.9. The summed E-state index contributed by atoms with van der Waals surface area (Å²) in [4.78, 5) is 13.2. The van der Waals surface area contributed by atoms with Crippen LogP contribution in [0.5, 0.6) is 5.75 Å². The first kappa shape index (κ1) is 18.4. The van der Waals surface area contributed by atoms with Crippen LogP contribution in [0.25, 0.3) is 0 Å². The molecule has 0 fully saturated rings. The van der Waals surface area contributed by atoms with E-state index in [1.807, 2.05) is 0 Å². The van der Waals surface area contributed by atoms with E-state index in [0.29, 0.717) is 5.69 Å². The van der Waals surface area contributed by atoms with E-state index in [4.69, 9.17) is 0 Å². The number of anilines is 2. The molecule has 0 bridgehead atoms. The molecule has 1 aromatic carbocycles. The highest BCUT2D eigenvalue weighted by Crippen LogP contribution is 2.44. The molecule has 3 aromatic rings. The number of nitrogens with zero attached hydrogens (tertiary/aromatic N) is 2. The van der Waals surface area contributed by atoms with Crippen LogP contribution < -0.4 is 10.6 Å². The van der Waals surface area contributed by atoms with Crippen molar-refractivity contribution in [3.63, 3.8) is 0 Å². The number of benzene rings is 1. The van der Waals surface area contributed by atoms with Gasteiger partial charge in [-0.1, -0.05) is 12.1 Å². The van der Waals surface area contributed by atoms with Gasteiger partial charge in [-0.2, -0.15) is 18.3 Å². The highest BCUT2D eigenvalue weighted by molar-refractivity contribution is 7.10. The number of aromatic nitrogens is 2. The normalized spacial score (nSPS) is 19.0. The number of fused-ring (bicyclic) bond motifs is 1. The summed E-state index contributed by atoms with van der Waals surface area (Å²) >= 11 is 1.37. The Balaban J connectivity index is 1.64. The molecule has 0 spiro atoms. The molecule has 0 saturated heterocycles. The molecule has 1 aliphatic heterocycles. The van der Waals surface area contributed by atoms with Crippen molar-refractivity contribution in [2.24, 2.45) is 0 Å². The Bertz CT molecular complexity index is 1000. The summed E-state index contributed by atoms with van der Waals surface area (Å²) in [5.74, 6) is -0.574. The Morgan fingerprint density at radius 3 is 2.79 bits per heavy atom.